The van der Waals surface area contributed by atoms with Crippen molar-refractivity contribution in [3.63, 3.8) is 0 Å². The van der Waals surface area contributed by atoms with Crippen LogP contribution in [0.25, 0.3) is 0 Å². The molecule has 1 N–H and O–H groups in total. The van der Waals surface area contributed by atoms with Gasteiger partial charge in [-0.25, -0.2) is 0 Å². The fourth-order valence-corrected chi connectivity index (χ4v) is 2.82. The molecular formula is C22H38O4. The zero-order valence-electron chi connectivity index (χ0n) is 16.8. The summed E-state index contributed by atoms with van der Waals surface area (Å²) in [6.07, 6.45) is 14.5. The molecule has 26 heavy (non-hydrogen) atoms. The molecule has 0 atom stereocenters. The normalized spacial score (nSPS) is 10.8. The first-order valence-corrected chi connectivity index (χ1v) is 10.5. The van der Waals surface area contributed by atoms with Gasteiger partial charge in [0.1, 0.15) is 0 Å². The van der Waals surface area contributed by atoms with Crippen molar-refractivity contribution in [3.8, 4) is 17.2 Å². The van der Waals surface area contributed by atoms with Gasteiger partial charge in [0, 0.05) is 0 Å². The fourth-order valence-electron chi connectivity index (χ4n) is 2.82. The predicted molar refractivity (Wildman–Crippen MR) is 107 cm³/mol. The minimum atomic E-state index is 0.0941. The number of aromatic hydroxyl groups is 1. The van der Waals surface area contributed by atoms with Gasteiger partial charge in [0.15, 0.2) is 5.75 Å². The van der Waals surface area contributed by atoms with Gasteiger partial charge in [0.2, 0.25) is 11.5 Å². The van der Waals surface area contributed by atoms with Crippen LogP contribution in [0.2, 0.25) is 0 Å². The minimum Gasteiger partial charge on any atom is -0.504 e. The summed E-state index contributed by atoms with van der Waals surface area (Å²) in [7, 11) is 0. The van der Waals surface area contributed by atoms with E-state index in [1.807, 2.05) is 0 Å². The monoisotopic (exact) mass is 366 g/mol. The molecular weight excluding hydrogens is 328 g/mol. The van der Waals surface area contributed by atoms with E-state index in [9.17, 15) is 5.11 Å². The van der Waals surface area contributed by atoms with Crippen LogP contribution in [-0.2, 0) is 4.89 Å². The molecule has 1 aromatic rings. The summed E-state index contributed by atoms with van der Waals surface area (Å²) in [6.45, 7) is 5.58. The van der Waals surface area contributed by atoms with Crippen LogP contribution in [-0.4, -0.2) is 18.3 Å². The predicted octanol–water partition coefficient (Wildman–Crippen LogP) is 6.80. The average molecular weight is 367 g/mol. The molecule has 0 heterocycles. The maximum Gasteiger partial charge on any atom is 0.211 e. The van der Waals surface area contributed by atoms with Gasteiger partial charge >= 0.3 is 0 Å². The molecule has 0 aliphatic heterocycles. The lowest BCUT2D eigenvalue weighted by Gasteiger charge is -2.13. The molecule has 4 nitrogen and oxygen atoms in total. The summed E-state index contributed by atoms with van der Waals surface area (Å²) in [6, 6.07) is 5.10. The standard InChI is InChI=1S/C22H38O4/c1-3-5-7-9-11-13-18-24-22-20(23)16-15-17-21(22)26-25-19-14-12-10-8-6-4-2/h15-17,23H,3-14,18-19H2,1-2H3. The third kappa shape index (κ3) is 10.5. The molecule has 1 rings (SSSR count). The van der Waals surface area contributed by atoms with Crippen LogP contribution < -0.4 is 9.62 Å². The number of rotatable bonds is 17. The van der Waals surface area contributed by atoms with E-state index in [4.69, 9.17) is 14.5 Å². The first-order chi connectivity index (χ1) is 12.8. The van der Waals surface area contributed by atoms with Crippen LogP contribution in [0.4, 0.5) is 0 Å². The van der Waals surface area contributed by atoms with E-state index in [2.05, 4.69) is 13.8 Å². The number of phenolic OH excluding ortho intramolecular Hbond substituents is 1. The van der Waals surface area contributed by atoms with Gasteiger partial charge in [-0.2, -0.15) is 4.89 Å². The molecule has 0 amide bonds. The first-order valence-electron chi connectivity index (χ1n) is 10.5. The zero-order chi connectivity index (χ0) is 18.9. The van der Waals surface area contributed by atoms with Gasteiger partial charge in [-0.3, -0.25) is 0 Å². The van der Waals surface area contributed by atoms with E-state index in [1.54, 1.807) is 18.2 Å². The average Bonchev–Trinajstić information content (AvgIpc) is 2.64. The van der Waals surface area contributed by atoms with Gasteiger partial charge < -0.3 is 14.7 Å². The molecule has 0 spiro atoms. The highest BCUT2D eigenvalue weighted by Crippen LogP contribution is 2.36. The maximum absolute atomic E-state index is 10.0. The lowest BCUT2D eigenvalue weighted by molar-refractivity contribution is -0.208. The second-order valence-corrected chi connectivity index (χ2v) is 6.89. The Morgan fingerprint density at radius 1 is 0.731 bits per heavy atom. The number of phenols is 1. The summed E-state index contributed by atoms with van der Waals surface area (Å²) >= 11 is 0. The molecule has 0 unspecified atom stereocenters. The lowest BCUT2D eigenvalue weighted by Crippen LogP contribution is -2.03. The van der Waals surface area contributed by atoms with E-state index < -0.39 is 0 Å². The molecule has 0 fully saturated rings. The minimum absolute atomic E-state index is 0.0941. The van der Waals surface area contributed by atoms with Gasteiger partial charge in [0.05, 0.1) is 13.2 Å². The second kappa shape index (κ2) is 15.8. The Bertz CT molecular complexity index is 448. The highest BCUT2D eigenvalue weighted by Gasteiger charge is 2.11. The smallest absolute Gasteiger partial charge is 0.211 e. The van der Waals surface area contributed by atoms with Crippen molar-refractivity contribution in [1.29, 1.82) is 0 Å². The van der Waals surface area contributed by atoms with Crippen molar-refractivity contribution in [1.82, 2.24) is 0 Å². The summed E-state index contributed by atoms with van der Waals surface area (Å²) < 4.78 is 5.74. The molecule has 0 aromatic heterocycles. The molecule has 0 radical (unpaired) electrons. The van der Waals surface area contributed by atoms with Crippen LogP contribution in [0.1, 0.15) is 90.9 Å². The van der Waals surface area contributed by atoms with Crippen molar-refractivity contribution >= 4 is 0 Å². The van der Waals surface area contributed by atoms with Gasteiger partial charge in [-0.05, 0) is 25.0 Å². The lowest BCUT2D eigenvalue weighted by atomic mass is 10.1. The first kappa shape index (κ1) is 22.6. The number of unbranched alkanes of at least 4 members (excludes halogenated alkanes) is 10. The molecule has 4 heteroatoms. The van der Waals surface area contributed by atoms with E-state index in [0.29, 0.717) is 24.7 Å². The van der Waals surface area contributed by atoms with Crippen molar-refractivity contribution < 1.29 is 19.6 Å². The quantitative estimate of drug-likeness (QED) is 0.187. The van der Waals surface area contributed by atoms with Gasteiger partial charge in [-0.1, -0.05) is 84.1 Å². The summed E-state index contributed by atoms with van der Waals surface area (Å²) in [5.41, 5.74) is 0. The van der Waals surface area contributed by atoms with Gasteiger partial charge in [0.25, 0.3) is 0 Å². The van der Waals surface area contributed by atoms with Crippen LogP contribution in [0.15, 0.2) is 18.2 Å². The Morgan fingerprint density at radius 3 is 1.96 bits per heavy atom. The van der Waals surface area contributed by atoms with E-state index in [1.165, 1.54) is 51.4 Å². The Kier molecular flexibility index (Phi) is 13.8. The fraction of sp³-hybridized carbons (Fsp3) is 0.727. The number of hydrogen-bond acceptors (Lipinski definition) is 4. The summed E-state index contributed by atoms with van der Waals surface area (Å²) in [5, 5.41) is 10.0. The van der Waals surface area contributed by atoms with E-state index in [-0.39, 0.29) is 5.75 Å². The third-order valence-electron chi connectivity index (χ3n) is 4.43. The van der Waals surface area contributed by atoms with Crippen molar-refractivity contribution in [3.05, 3.63) is 18.2 Å². The molecule has 0 bridgehead atoms. The third-order valence-corrected chi connectivity index (χ3v) is 4.43. The molecule has 0 saturated carbocycles. The Morgan fingerprint density at radius 2 is 1.31 bits per heavy atom. The van der Waals surface area contributed by atoms with Crippen LogP contribution in [0.3, 0.4) is 0 Å². The number of para-hydroxylation sites is 1. The topological polar surface area (TPSA) is 47.9 Å². The molecule has 0 aliphatic rings. The van der Waals surface area contributed by atoms with Crippen LogP contribution in [0, 0.1) is 0 Å². The maximum atomic E-state index is 10.0. The SMILES string of the molecule is CCCCCCCCOOc1cccc(O)c1OCCCCCCCC. The Hall–Kier alpha value is -1.42. The summed E-state index contributed by atoms with van der Waals surface area (Å²) in [4.78, 5) is 10.7. The highest BCUT2D eigenvalue weighted by molar-refractivity contribution is 5.49. The van der Waals surface area contributed by atoms with Crippen LogP contribution >= 0.6 is 0 Å². The molecule has 150 valence electrons. The molecule has 0 aliphatic carbocycles. The zero-order valence-corrected chi connectivity index (χ0v) is 16.8. The molecule has 0 saturated heterocycles. The number of benzene rings is 1. The second-order valence-electron chi connectivity index (χ2n) is 6.89. The van der Waals surface area contributed by atoms with Crippen LogP contribution in [0.5, 0.6) is 17.2 Å². The number of hydrogen-bond donors (Lipinski definition) is 1. The van der Waals surface area contributed by atoms with Crippen molar-refractivity contribution in [2.75, 3.05) is 13.2 Å². The van der Waals surface area contributed by atoms with E-state index >= 15 is 0 Å². The van der Waals surface area contributed by atoms with Gasteiger partial charge in [-0.15, -0.1) is 0 Å². The highest BCUT2D eigenvalue weighted by atomic mass is 17.2. The molecule has 1 aromatic carbocycles. The number of ether oxygens (including phenoxy) is 1. The Balaban J connectivity index is 2.23. The summed E-state index contributed by atoms with van der Waals surface area (Å²) in [5.74, 6) is 0.919. The Labute approximate surface area is 159 Å². The van der Waals surface area contributed by atoms with E-state index in [0.717, 1.165) is 25.7 Å². The van der Waals surface area contributed by atoms with Crippen molar-refractivity contribution in [2.24, 2.45) is 0 Å². The largest absolute Gasteiger partial charge is 0.504 e. The van der Waals surface area contributed by atoms with Crippen molar-refractivity contribution in [2.45, 2.75) is 90.9 Å².